The second-order valence-corrected chi connectivity index (χ2v) is 18.4. The Kier molecular flexibility index (Phi) is 10.2. The molecule has 0 spiro atoms. The number of likely N-dealkylation sites (tertiary alicyclic amines) is 1. The maximum atomic E-state index is 14.5. The Labute approximate surface area is 309 Å². The summed E-state index contributed by atoms with van der Waals surface area (Å²) < 4.78 is 55.4. The van der Waals surface area contributed by atoms with Crippen LogP contribution in [0.25, 0.3) is 11.1 Å². The minimum atomic E-state index is -4.07. The Balaban J connectivity index is 1.15. The topological polar surface area (TPSA) is 146 Å². The number of fused-ring (bicyclic) bond motifs is 3. The van der Waals surface area contributed by atoms with Crippen molar-refractivity contribution in [3.8, 4) is 11.1 Å². The van der Waals surface area contributed by atoms with Gasteiger partial charge < -0.3 is 20.4 Å². The summed E-state index contributed by atoms with van der Waals surface area (Å²) in [6, 6.07) is 13.8. The maximum Gasteiger partial charge on any atom is 0.259 e. The summed E-state index contributed by atoms with van der Waals surface area (Å²) in [5.41, 5.74) is 1.72. The number of halogens is 2. The summed E-state index contributed by atoms with van der Waals surface area (Å²) >= 11 is 0. The molecule has 1 aliphatic heterocycles. The van der Waals surface area contributed by atoms with Gasteiger partial charge in [0.25, 0.3) is 5.91 Å². The molecule has 0 bridgehead atoms. The van der Waals surface area contributed by atoms with E-state index in [2.05, 4.69) is 15.8 Å². The van der Waals surface area contributed by atoms with Crippen molar-refractivity contribution in [2.24, 2.45) is 22.4 Å². The van der Waals surface area contributed by atoms with Gasteiger partial charge in [-0.2, -0.15) is 0 Å². The smallest absolute Gasteiger partial charge is 0.259 e. The number of rotatable bonds is 13. The van der Waals surface area contributed by atoms with Gasteiger partial charge in [0.2, 0.25) is 28.3 Å². The number of sulfonamides is 1. The molecule has 3 N–H and O–H groups in total. The van der Waals surface area contributed by atoms with E-state index in [9.17, 15) is 31.6 Å². The third-order valence-electron chi connectivity index (χ3n) is 11.6. The molecule has 53 heavy (non-hydrogen) atoms. The van der Waals surface area contributed by atoms with Crippen LogP contribution in [0.3, 0.4) is 0 Å². The molecule has 286 valence electrons. The Bertz CT molecular complexity index is 1840. The van der Waals surface area contributed by atoms with Crippen LogP contribution in [0.4, 0.5) is 8.78 Å². The molecular formula is C39H49F2N5O6S. The largest absolute Gasteiger partial charge is 0.390 e. The number of hydrogen-bond acceptors (Lipinski definition) is 8. The van der Waals surface area contributed by atoms with Crippen LogP contribution >= 0.6 is 0 Å². The highest BCUT2D eigenvalue weighted by Crippen LogP contribution is 2.48. The number of nitrogens with zero attached hydrogens (tertiary/aromatic N) is 2. The van der Waals surface area contributed by atoms with Crippen molar-refractivity contribution >= 4 is 33.5 Å². The molecule has 0 unspecified atom stereocenters. The summed E-state index contributed by atoms with van der Waals surface area (Å²) in [6.07, 6.45) is 2.22. The predicted octanol–water partition coefficient (Wildman–Crippen LogP) is 4.74. The minimum absolute atomic E-state index is 0.0125. The van der Waals surface area contributed by atoms with Crippen LogP contribution in [0.5, 0.6) is 0 Å². The van der Waals surface area contributed by atoms with Crippen LogP contribution in [0, 0.1) is 17.3 Å². The zero-order valence-electron chi connectivity index (χ0n) is 30.4. The van der Waals surface area contributed by atoms with E-state index < -0.39 is 75.0 Å². The van der Waals surface area contributed by atoms with E-state index in [1.54, 1.807) is 0 Å². The highest BCUT2D eigenvalue weighted by atomic mass is 32.2. The number of hydrogen-bond donors (Lipinski definition) is 3. The molecule has 1 saturated heterocycles. The molecule has 11 nitrogen and oxygen atoms in total. The van der Waals surface area contributed by atoms with Gasteiger partial charge in [-0.3, -0.25) is 19.1 Å². The van der Waals surface area contributed by atoms with Crippen LogP contribution in [-0.2, 0) is 29.2 Å². The Hall–Kier alpha value is -3.91. The maximum absolute atomic E-state index is 14.5. The average Bonchev–Trinajstić information content (AvgIpc) is 3.96. The third kappa shape index (κ3) is 7.58. The van der Waals surface area contributed by atoms with Crippen LogP contribution in [0.1, 0.15) is 89.7 Å². The fourth-order valence-corrected chi connectivity index (χ4v) is 9.65. The average molecular weight is 754 g/mol. The summed E-state index contributed by atoms with van der Waals surface area (Å²) in [6.45, 7) is 6.42. The first kappa shape index (κ1) is 37.4. The number of carbonyl (C=O) groups excluding carboxylic acids is 3. The van der Waals surface area contributed by atoms with E-state index in [1.807, 2.05) is 74.0 Å². The SMILES string of the molecule is CC(C)(C)[C@H](NCCC1CCCC1)C(=O)N1C[C@H](ON=C2c3ccccc3-c3ccccc32)C[C@H]1C(=O)N[C@@]1(C(=O)NS(=O)(=O)C2CC2)C[C@H]1C(F)F. The lowest BCUT2D eigenvalue weighted by Crippen LogP contribution is -2.60. The Morgan fingerprint density at radius 3 is 2.11 bits per heavy atom. The molecule has 0 radical (unpaired) electrons. The Morgan fingerprint density at radius 1 is 0.962 bits per heavy atom. The van der Waals surface area contributed by atoms with Crippen molar-refractivity contribution in [3.05, 3.63) is 59.7 Å². The zero-order valence-corrected chi connectivity index (χ0v) is 31.3. The fourth-order valence-electron chi connectivity index (χ4n) is 8.28. The van der Waals surface area contributed by atoms with Gasteiger partial charge in [0.15, 0.2) is 0 Å². The quantitative estimate of drug-likeness (QED) is 0.214. The van der Waals surface area contributed by atoms with E-state index in [1.165, 1.54) is 17.7 Å². The summed E-state index contributed by atoms with van der Waals surface area (Å²) in [7, 11) is -4.07. The van der Waals surface area contributed by atoms with Gasteiger partial charge >= 0.3 is 0 Å². The van der Waals surface area contributed by atoms with Gasteiger partial charge in [0.05, 0.1) is 23.8 Å². The van der Waals surface area contributed by atoms with E-state index >= 15 is 0 Å². The number of nitrogens with one attached hydrogen (secondary N) is 3. The molecule has 14 heteroatoms. The molecule has 2 aromatic carbocycles. The monoisotopic (exact) mass is 753 g/mol. The molecule has 2 aromatic rings. The van der Waals surface area contributed by atoms with Crippen molar-refractivity contribution in [1.82, 2.24) is 20.3 Å². The van der Waals surface area contributed by atoms with Crippen LogP contribution in [0.2, 0.25) is 0 Å². The normalized spacial score (nSPS) is 25.9. The lowest BCUT2D eigenvalue weighted by atomic mass is 9.85. The third-order valence-corrected chi connectivity index (χ3v) is 13.4. The molecule has 4 fully saturated rings. The first-order valence-corrected chi connectivity index (χ1v) is 20.4. The van der Waals surface area contributed by atoms with Gasteiger partial charge in [0, 0.05) is 17.5 Å². The highest BCUT2D eigenvalue weighted by molar-refractivity contribution is 7.91. The van der Waals surface area contributed by atoms with Gasteiger partial charge in [-0.05, 0) is 54.7 Å². The van der Waals surface area contributed by atoms with Crippen LogP contribution < -0.4 is 15.4 Å². The second kappa shape index (κ2) is 14.4. The minimum Gasteiger partial charge on any atom is -0.390 e. The van der Waals surface area contributed by atoms with Crippen molar-refractivity contribution in [3.63, 3.8) is 0 Å². The molecule has 0 aromatic heterocycles. The molecule has 1 heterocycles. The van der Waals surface area contributed by atoms with Gasteiger partial charge in [-0.15, -0.1) is 0 Å². The van der Waals surface area contributed by atoms with E-state index in [-0.39, 0.29) is 18.9 Å². The predicted molar refractivity (Wildman–Crippen MR) is 195 cm³/mol. The molecule has 5 aliphatic rings. The lowest BCUT2D eigenvalue weighted by Gasteiger charge is -2.36. The molecule has 3 saturated carbocycles. The number of oxime groups is 1. The highest BCUT2D eigenvalue weighted by Gasteiger charge is 2.66. The van der Waals surface area contributed by atoms with E-state index in [0.29, 0.717) is 31.0 Å². The van der Waals surface area contributed by atoms with Gasteiger partial charge in [0.1, 0.15) is 23.4 Å². The van der Waals surface area contributed by atoms with Crippen molar-refractivity contribution in [2.75, 3.05) is 13.1 Å². The molecule has 4 aliphatic carbocycles. The number of alkyl halides is 2. The number of carbonyl (C=O) groups is 3. The Morgan fingerprint density at radius 2 is 1.57 bits per heavy atom. The molecule has 5 atom stereocenters. The number of amides is 3. The van der Waals surface area contributed by atoms with Crippen LogP contribution in [-0.4, -0.2) is 85.2 Å². The molecular weight excluding hydrogens is 705 g/mol. The van der Waals surface area contributed by atoms with Crippen molar-refractivity contribution in [1.29, 1.82) is 0 Å². The standard InChI is InChI=1S/C39H49F2N5O6S/c1-38(2,3)33(42-19-18-23-10-4-5-11-23)36(48)46-22-24(52-44-32-28-14-8-6-12-26(28)27-13-7-9-15-29(27)32)20-31(46)35(47)43-39(21-30(39)34(40)41)37(49)45-53(50,51)25-16-17-25/h6-9,12-15,23-25,30-31,33-34,42H,4-5,10-11,16-22H2,1-3H3,(H,43,47)(H,45,49)/t24-,30+,31+,33-,39+/m1/s1. The molecule has 3 amide bonds. The van der Waals surface area contributed by atoms with Crippen molar-refractivity contribution < 1.29 is 36.4 Å². The van der Waals surface area contributed by atoms with E-state index in [4.69, 9.17) is 4.84 Å². The first-order valence-electron chi connectivity index (χ1n) is 18.8. The summed E-state index contributed by atoms with van der Waals surface area (Å²) in [5, 5.41) is 9.78. The van der Waals surface area contributed by atoms with Gasteiger partial charge in [-0.25, -0.2) is 17.2 Å². The summed E-state index contributed by atoms with van der Waals surface area (Å²) in [5.74, 6) is -3.34. The fraction of sp³-hybridized carbons (Fsp3) is 0.590. The van der Waals surface area contributed by atoms with Crippen LogP contribution in [0.15, 0.2) is 53.7 Å². The second-order valence-electron chi connectivity index (χ2n) is 16.5. The molecule has 7 rings (SSSR count). The summed E-state index contributed by atoms with van der Waals surface area (Å²) in [4.78, 5) is 49.7. The lowest BCUT2D eigenvalue weighted by molar-refractivity contribution is -0.143. The van der Waals surface area contributed by atoms with Gasteiger partial charge in [-0.1, -0.05) is 100 Å². The first-order chi connectivity index (χ1) is 25.2. The zero-order chi connectivity index (χ0) is 37.7. The van der Waals surface area contributed by atoms with Crippen molar-refractivity contribution in [2.45, 2.75) is 114 Å². The van der Waals surface area contributed by atoms with E-state index in [0.717, 1.165) is 41.5 Å². The number of benzene rings is 2.